The van der Waals surface area contributed by atoms with Crippen molar-refractivity contribution < 1.29 is 45.0 Å². The molecule has 45 heavy (non-hydrogen) atoms. The number of aliphatic hydroxyl groups is 5. The van der Waals surface area contributed by atoms with E-state index in [4.69, 9.17) is 9.84 Å². The van der Waals surface area contributed by atoms with Crippen LogP contribution in [-0.4, -0.2) is 78.2 Å². The first-order chi connectivity index (χ1) is 20.4. The summed E-state index contributed by atoms with van der Waals surface area (Å²) in [5.41, 5.74) is -1.91. The Kier molecular flexibility index (Phi) is 9.58. The number of esters is 1. The second-order valence-corrected chi connectivity index (χ2v) is 17.4. The summed E-state index contributed by atoms with van der Waals surface area (Å²) in [6, 6.07) is 0. The van der Waals surface area contributed by atoms with Gasteiger partial charge in [-0.3, -0.25) is 9.59 Å². The zero-order valence-electron chi connectivity index (χ0n) is 29.0. The van der Waals surface area contributed by atoms with Gasteiger partial charge in [0.25, 0.3) is 0 Å². The van der Waals surface area contributed by atoms with Crippen LogP contribution >= 0.6 is 0 Å². The Morgan fingerprint density at radius 2 is 1.60 bits per heavy atom. The van der Waals surface area contributed by atoms with Gasteiger partial charge in [0.15, 0.2) is 0 Å². The van der Waals surface area contributed by atoms with Crippen LogP contribution in [0.5, 0.6) is 0 Å². The zero-order valence-corrected chi connectivity index (χ0v) is 29.0. The standard InChI is InChI=1S/C36H60O9/c1-20(10-13-26(37)32(4,5)43)21-14-15-35(8)22-11-12-25-31(2,3)30(42)24(45-29(41)19-33(6,44)18-28(39)40)17-34(25,7)23(22)16-27(38)36(21,35)9/h20-21,24-27,30,37-38,42-44H,10-19H2,1-9H3,(H,39,40)/t20-,21+,24-,25+,26-,27+,30+,33+,34+,35+,36-/m1/s1. The molecular formula is C36H60O9. The van der Waals surface area contributed by atoms with Crippen molar-refractivity contribution in [3.8, 4) is 0 Å². The molecule has 2 fully saturated rings. The number of aliphatic carboxylic acids is 1. The third kappa shape index (κ3) is 6.14. The first-order valence-corrected chi connectivity index (χ1v) is 17.0. The number of carboxylic acids is 1. The molecule has 6 N–H and O–H groups in total. The first kappa shape index (κ1) is 36.3. The second kappa shape index (κ2) is 11.9. The van der Waals surface area contributed by atoms with Crippen LogP contribution in [0, 0.1) is 39.4 Å². The van der Waals surface area contributed by atoms with Crippen molar-refractivity contribution in [3.63, 3.8) is 0 Å². The summed E-state index contributed by atoms with van der Waals surface area (Å²) in [7, 11) is 0. The van der Waals surface area contributed by atoms with E-state index < -0.39 is 71.2 Å². The molecule has 0 saturated heterocycles. The van der Waals surface area contributed by atoms with Gasteiger partial charge in [-0.2, -0.15) is 0 Å². The molecule has 0 aromatic heterocycles. The van der Waals surface area contributed by atoms with Crippen LogP contribution in [-0.2, 0) is 14.3 Å². The summed E-state index contributed by atoms with van der Waals surface area (Å²) in [5.74, 6) is -1.34. The first-order valence-electron chi connectivity index (χ1n) is 17.0. The van der Waals surface area contributed by atoms with Gasteiger partial charge in [0.05, 0.1) is 42.4 Å². The number of rotatable bonds is 10. The van der Waals surface area contributed by atoms with Crippen molar-refractivity contribution in [2.75, 3.05) is 0 Å². The summed E-state index contributed by atoms with van der Waals surface area (Å²) in [6.07, 6.45) is 1.63. The van der Waals surface area contributed by atoms with E-state index in [2.05, 4.69) is 27.7 Å². The quantitative estimate of drug-likeness (QED) is 0.147. The van der Waals surface area contributed by atoms with Crippen molar-refractivity contribution >= 4 is 11.9 Å². The molecule has 4 aliphatic carbocycles. The summed E-state index contributed by atoms with van der Waals surface area (Å²) >= 11 is 0. The van der Waals surface area contributed by atoms with Crippen LogP contribution in [0.4, 0.5) is 0 Å². The Balaban J connectivity index is 1.64. The van der Waals surface area contributed by atoms with Crippen LogP contribution in [0.2, 0.25) is 0 Å². The minimum absolute atomic E-state index is 0.100. The van der Waals surface area contributed by atoms with E-state index in [1.165, 1.54) is 18.1 Å². The molecule has 0 aliphatic heterocycles. The molecule has 0 heterocycles. The summed E-state index contributed by atoms with van der Waals surface area (Å²) < 4.78 is 5.86. The predicted molar refractivity (Wildman–Crippen MR) is 170 cm³/mol. The third-order valence-corrected chi connectivity index (χ3v) is 13.6. The van der Waals surface area contributed by atoms with E-state index in [0.717, 1.165) is 32.1 Å². The van der Waals surface area contributed by atoms with Crippen LogP contribution in [0.1, 0.15) is 127 Å². The van der Waals surface area contributed by atoms with E-state index in [9.17, 15) is 35.1 Å². The average molecular weight is 637 g/mol. The molecule has 0 unspecified atom stereocenters. The Hall–Kier alpha value is -1.52. The van der Waals surface area contributed by atoms with Gasteiger partial charge in [0, 0.05) is 5.41 Å². The molecule has 9 nitrogen and oxygen atoms in total. The molecule has 4 rings (SSSR count). The number of aliphatic hydroxyl groups excluding tert-OH is 3. The molecule has 2 saturated carbocycles. The maximum atomic E-state index is 13.0. The van der Waals surface area contributed by atoms with Gasteiger partial charge in [0.2, 0.25) is 0 Å². The normalized spacial score (nSPS) is 40.4. The SMILES string of the molecule is C[C@H](CC[C@@H](O)C(C)(C)O)[C@@H]1CC[C@@]2(C)C3=C(C[C@H](O)[C@@]12C)[C@]1(C)C[C@@H](OC(=O)C[C@@](C)(O)CC(=O)O)[C@H](O)C(C)(C)[C@@H]1CC3. The molecule has 0 aromatic rings. The fraction of sp³-hybridized carbons (Fsp3) is 0.889. The van der Waals surface area contributed by atoms with Gasteiger partial charge in [-0.25, -0.2) is 0 Å². The molecular weight excluding hydrogens is 576 g/mol. The van der Waals surface area contributed by atoms with Gasteiger partial charge in [-0.05, 0) is 106 Å². The summed E-state index contributed by atoms with van der Waals surface area (Å²) in [4.78, 5) is 24.2. The molecule has 0 spiro atoms. The number of carbonyl (C=O) groups excluding carboxylic acids is 1. The molecule has 9 heteroatoms. The van der Waals surface area contributed by atoms with E-state index in [1.807, 2.05) is 13.8 Å². The Morgan fingerprint density at radius 3 is 2.18 bits per heavy atom. The van der Waals surface area contributed by atoms with Crippen LogP contribution in [0.15, 0.2) is 11.1 Å². The highest BCUT2D eigenvalue weighted by Gasteiger charge is 2.67. The number of carboxylic acid groups (broad SMARTS) is 1. The lowest BCUT2D eigenvalue weighted by molar-refractivity contribution is -0.193. The van der Waals surface area contributed by atoms with E-state index in [0.29, 0.717) is 19.3 Å². The maximum Gasteiger partial charge on any atom is 0.309 e. The molecule has 4 aliphatic rings. The van der Waals surface area contributed by atoms with E-state index in [1.54, 1.807) is 13.8 Å². The zero-order chi connectivity index (χ0) is 34.1. The lowest BCUT2D eigenvalue weighted by atomic mass is 9.42. The molecule has 258 valence electrons. The Morgan fingerprint density at radius 1 is 0.978 bits per heavy atom. The Bertz CT molecular complexity index is 1180. The Labute approximate surface area is 269 Å². The highest BCUT2D eigenvalue weighted by molar-refractivity contribution is 5.74. The van der Waals surface area contributed by atoms with Gasteiger partial charge < -0.3 is 35.4 Å². The summed E-state index contributed by atoms with van der Waals surface area (Å²) in [6.45, 7) is 17.6. The van der Waals surface area contributed by atoms with Crippen LogP contribution in [0.25, 0.3) is 0 Å². The van der Waals surface area contributed by atoms with Crippen LogP contribution in [0.3, 0.4) is 0 Å². The lowest BCUT2D eigenvalue weighted by Gasteiger charge is -2.64. The number of ether oxygens (including phenoxy) is 1. The van der Waals surface area contributed by atoms with Gasteiger partial charge in [-0.15, -0.1) is 0 Å². The van der Waals surface area contributed by atoms with Crippen molar-refractivity contribution in [1.82, 2.24) is 0 Å². The fourth-order valence-electron chi connectivity index (χ4n) is 10.7. The molecule has 0 amide bonds. The van der Waals surface area contributed by atoms with E-state index >= 15 is 0 Å². The minimum Gasteiger partial charge on any atom is -0.481 e. The fourth-order valence-corrected chi connectivity index (χ4v) is 10.7. The molecule has 0 aromatic carbocycles. The van der Waals surface area contributed by atoms with Crippen molar-refractivity contribution in [2.45, 2.75) is 162 Å². The number of hydrogen-bond acceptors (Lipinski definition) is 8. The monoisotopic (exact) mass is 636 g/mol. The second-order valence-electron chi connectivity index (χ2n) is 17.4. The number of fused-ring (bicyclic) bond motifs is 4. The van der Waals surface area contributed by atoms with Gasteiger partial charge in [0.1, 0.15) is 6.10 Å². The molecule has 0 bridgehead atoms. The highest BCUT2D eigenvalue weighted by atomic mass is 16.6. The number of carbonyl (C=O) groups is 2. The van der Waals surface area contributed by atoms with Gasteiger partial charge >= 0.3 is 11.9 Å². The van der Waals surface area contributed by atoms with Crippen LogP contribution < -0.4 is 0 Å². The number of hydrogen-bond donors (Lipinski definition) is 6. The van der Waals surface area contributed by atoms with Gasteiger partial charge in [-0.1, -0.05) is 52.7 Å². The maximum absolute atomic E-state index is 13.0. The minimum atomic E-state index is -1.76. The lowest BCUT2D eigenvalue weighted by Crippen LogP contribution is -2.62. The average Bonchev–Trinajstić information content (AvgIpc) is 3.17. The summed E-state index contributed by atoms with van der Waals surface area (Å²) in [5, 5.41) is 64.0. The third-order valence-electron chi connectivity index (χ3n) is 13.6. The molecule has 11 atom stereocenters. The van der Waals surface area contributed by atoms with Crippen molar-refractivity contribution in [3.05, 3.63) is 11.1 Å². The predicted octanol–water partition coefficient (Wildman–Crippen LogP) is 4.75. The number of allylic oxidation sites excluding steroid dienone is 1. The topological polar surface area (TPSA) is 165 Å². The molecule has 0 radical (unpaired) electrons. The highest BCUT2D eigenvalue weighted by Crippen LogP contribution is 2.72. The largest absolute Gasteiger partial charge is 0.481 e. The smallest absolute Gasteiger partial charge is 0.309 e. The van der Waals surface area contributed by atoms with Crippen molar-refractivity contribution in [2.24, 2.45) is 39.4 Å². The van der Waals surface area contributed by atoms with Crippen molar-refractivity contribution in [1.29, 1.82) is 0 Å². The van der Waals surface area contributed by atoms with E-state index in [-0.39, 0.29) is 28.6 Å².